The summed E-state index contributed by atoms with van der Waals surface area (Å²) in [6, 6.07) is 8.58. The van der Waals surface area contributed by atoms with E-state index in [4.69, 9.17) is 5.73 Å². The first-order chi connectivity index (χ1) is 6.22. The highest BCUT2D eigenvalue weighted by Crippen LogP contribution is 2.05. The summed E-state index contributed by atoms with van der Waals surface area (Å²) in [5.41, 5.74) is 7.70. The van der Waals surface area contributed by atoms with Crippen LogP contribution in [0.3, 0.4) is 0 Å². The standard InChI is InChI=1S/C11H18N2/c1-3-9(2)13-8-10-4-6-11(12)7-5-10/h4-7,9,13H,3,8,12H2,1-2H3. The summed E-state index contributed by atoms with van der Waals surface area (Å²) in [4.78, 5) is 0. The molecule has 13 heavy (non-hydrogen) atoms. The molecule has 1 rings (SSSR count). The van der Waals surface area contributed by atoms with Gasteiger partial charge in [0.1, 0.15) is 0 Å². The van der Waals surface area contributed by atoms with Gasteiger partial charge in [-0.3, -0.25) is 0 Å². The van der Waals surface area contributed by atoms with Crippen molar-refractivity contribution in [3.05, 3.63) is 29.8 Å². The first-order valence-corrected chi connectivity index (χ1v) is 4.80. The summed E-state index contributed by atoms with van der Waals surface area (Å²) < 4.78 is 0. The Hall–Kier alpha value is -1.02. The molecule has 0 spiro atoms. The lowest BCUT2D eigenvalue weighted by molar-refractivity contribution is 0.534. The van der Waals surface area contributed by atoms with E-state index >= 15 is 0 Å². The zero-order valence-electron chi connectivity index (χ0n) is 8.38. The van der Waals surface area contributed by atoms with Crippen LogP contribution in [0.5, 0.6) is 0 Å². The molecule has 0 bridgehead atoms. The van der Waals surface area contributed by atoms with E-state index in [-0.39, 0.29) is 0 Å². The summed E-state index contributed by atoms with van der Waals surface area (Å²) >= 11 is 0. The number of nitrogens with two attached hydrogens (primary N) is 1. The van der Waals surface area contributed by atoms with E-state index < -0.39 is 0 Å². The van der Waals surface area contributed by atoms with Gasteiger partial charge in [0.15, 0.2) is 0 Å². The third-order valence-corrected chi connectivity index (χ3v) is 2.25. The van der Waals surface area contributed by atoms with Crippen molar-refractivity contribution in [3.63, 3.8) is 0 Å². The Morgan fingerprint density at radius 1 is 1.31 bits per heavy atom. The van der Waals surface area contributed by atoms with Gasteiger partial charge in [-0.05, 0) is 31.0 Å². The fourth-order valence-corrected chi connectivity index (χ4v) is 1.07. The molecule has 0 aromatic heterocycles. The minimum Gasteiger partial charge on any atom is -0.399 e. The predicted octanol–water partition coefficient (Wildman–Crippen LogP) is 2.16. The molecule has 1 aromatic rings. The van der Waals surface area contributed by atoms with E-state index in [1.807, 2.05) is 12.1 Å². The predicted molar refractivity (Wildman–Crippen MR) is 57.4 cm³/mol. The highest BCUT2D eigenvalue weighted by molar-refractivity contribution is 5.39. The van der Waals surface area contributed by atoms with Gasteiger partial charge in [0.2, 0.25) is 0 Å². The van der Waals surface area contributed by atoms with Crippen LogP contribution in [0, 0.1) is 0 Å². The quantitative estimate of drug-likeness (QED) is 0.693. The summed E-state index contributed by atoms with van der Waals surface area (Å²) in [5.74, 6) is 0. The maximum absolute atomic E-state index is 5.59. The van der Waals surface area contributed by atoms with Gasteiger partial charge in [-0.2, -0.15) is 0 Å². The van der Waals surface area contributed by atoms with Crippen molar-refractivity contribution in [3.8, 4) is 0 Å². The van der Waals surface area contributed by atoms with Gasteiger partial charge in [-0.15, -0.1) is 0 Å². The number of hydrogen-bond acceptors (Lipinski definition) is 2. The maximum atomic E-state index is 5.59. The molecule has 0 aliphatic rings. The van der Waals surface area contributed by atoms with Crippen molar-refractivity contribution in [1.82, 2.24) is 5.32 Å². The van der Waals surface area contributed by atoms with Crippen LogP contribution in [-0.4, -0.2) is 6.04 Å². The highest BCUT2D eigenvalue weighted by atomic mass is 14.9. The topological polar surface area (TPSA) is 38.0 Å². The molecule has 72 valence electrons. The normalized spacial score (nSPS) is 12.8. The third-order valence-electron chi connectivity index (χ3n) is 2.25. The van der Waals surface area contributed by atoms with Crippen LogP contribution in [0.2, 0.25) is 0 Å². The van der Waals surface area contributed by atoms with E-state index in [1.54, 1.807) is 0 Å². The maximum Gasteiger partial charge on any atom is 0.0314 e. The average molecular weight is 178 g/mol. The fraction of sp³-hybridized carbons (Fsp3) is 0.455. The molecule has 3 N–H and O–H groups in total. The molecular formula is C11H18N2. The lowest BCUT2D eigenvalue weighted by Gasteiger charge is -2.10. The van der Waals surface area contributed by atoms with E-state index in [9.17, 15) is 0 Å². The monoisotopic (exact) mass is 178 g/mol. The van der Waals surface area contributed by atoms with Crippen LogP contribution in [0.1, 0.15) is 25.8 Å². The minimum atomic E-state index is 0.581. The first kappa shape index (κ1) is 10.1. The van der Waals surface area contributed by atoms with E-state index in [0.717, 1.165) is 18.7 Å². The Balaban J connectivity index is 2.41. The summed E-state index contributed by atoms with van der Waals surface area (Å²) in [5, 5.41) is 3.43. The molecule has 1 atom stereocenters. The number of benzene rings is 1. The summed E-state index contributed by atoms with van der Waals surface area (Å²) in [6.07, 6.45) is 1.16. The van der Waals surface area contributed by atoms with Crippen LogP contribution in [0.4, 0.5) is 5.69 Å². The van der Waals surface area contributed by atoms with E-state index in [2.05, 4.69) is 31.3 Å². The zero-order chi connectivity index (χ0) is 9.68. The largest absolute Gasteiger partial charge is 0.399 e. The molecule has 0 saturated carbocycles. The Kier molecular flexibility index (Phi) is 3.77. The molecular weight excluding hydrogens is 160 g/mol. The Labute approximate surface area is 80.1 Å². The molecule has 0 saturated heterocycles. The molecule has 0 aliphatic carbocycles. The molecule has 0 amide bonds. The molecule has 0 heterocycles. The number of nitrogen functional groups attached to an aromatic ring is 1. The smallest absolute Gasteiger partial charge is 0.0314 e. The van der Waals surface area contributed by atoms with Gasteiger partial charge in [0.05, 0.1) is 0 Å². The lowest BCUT2D eigenvalue weighted by atomic mass is 10.2. The van der Waals surface area contributed by atoms with Gasteiger partial charge in [-0.1, -0.05) is 19.1 Å². The Morgan fingerprint density at radius 2 is 1.92 bits per heavy atom. The van der Waals surface area contributed by atoms with Crippen LogP contribution >= 0.6 is 0 Å². The van der Waals surface area contributed by atoms with Crippen molar-refractivity contribution in [1.29, 1.82) is 0 Å². The van der Waals surface area contributed by atoms with Gasteiger partial charge >= 0.3 is 0 Å². The molecule has 2 heteroatoms. The second-order valence-electron chi connectivity index (χ2n) is 3.43. The molecule has 0 fully saturated rings. The lowest BCUT2D eigenvalue weighted by Crippen LogP contribution is -2.24. The number of hydrogen-bond donors (Lipinski definition) is 2. The van der Waals surface area contributed by atoms with E-state index in [1.165, 1.54) is 5.56 Å². The first-order valence-electron chi connectivity index (χ1n) is 4.80. The van der Waals surface area contributed by atoms with Crippen LogP contribution in [0.25, 0.3) is 0 Å². The fourth-order valence-electron chi connectivity index (χ4n) is 1.07. The summed E-state index contributed by atoms with van der Waals surface area (Å²) in [7, 11) is 0. The van der Waals surface area contributed by atoms with Gasteiger partial charge in [-0.25, -0.2) is 0 Å². The van der Waals surface area contributed by atoms with Crippen molar-refractivity contribution in [2.24, 2.45) is 0 Å². The van der Waals surface area contributed by atoms with Crippen LogP contribution in [0.15, 0.2) is 24.3 Å². The van der Waals surface area contributed by atoms with E-state index in [0.29, 0.717) is 6.04 Å². The zero-order valence-corrected chi connectivity index (χ0v) is 8.38. The van der Waals surface area contributed by atoms with Crippen molar-refractivity contribution in [2.75, 3.05) is 5.73 Å². The second-order valence-corrected chi connectivity index (χ2v) is 3.43. The van der Waals surface area contributed by atoms with Gasteiger partial charge in [0.25, 0.3) is 0 Å². The molecule has 0 radical (unpaired) electrons. The van der Waals surface area contributed by atoms with Crippen molar-refractivity contribution < 1.29 is 0 Å². The molecule has 2 nitrogen and oxygen atoms in total. The third kappa shape index (κ3) is 3.47. The Bertz CT molecular complexity index is 241. The van der Waals surface area contributed by atoms with Crippen molar-refractivity contribution in [2.45, 2.75) is 32.9 Å². The highest BCUT2D eigenvalue weighted by Gasteiger charge is 1.97. The SMILES string of the molecule is CCC(C)NCc1ccc(N)cc1. The molecule has 1 aromatic carbocycles. The van der Waals surface area contributed by atoms with Crippen molar-refractivity contribution >= 4 is 5.69 Å². The molecule has 0 aliphatic heterocycles. The number of anilines is 1. The van der Waals surface area contributed by atoms with Crippen LogP contribution in [-0.2, 0) is 6.54 Å². The summed E-state index contributed by atoms with van der Waals surface area (Å²) in [6.45, 7) is 5.30. The second kappa shape index (κ2) is 4.87. The molecule has 1 unspecified atom stereocenters. The van der Waals surface area contributed by atoms with Gasteiger partial charge in [0, 0.05) is 18.3 Å². The minimum absolute atomic E-state index is 0.581. The van der Waals surface area contributed by atoms with Crippen LogP contribution < -0.4 is 11.1 Å². The Morgan fingerprint density at radius 3 is 2.46 bits per heavy atom. The number of rotatable bonds is 4. The average Bonchev–Trinajstić information content (AvgIpc) is 2.16. The van der Waals surface area contributed by atoms with Gasteiger partial charge < -0.3 is 11.1 Å². The number of nitrogens with one attached hydrogen (secondary N) is 1.